The highest BCUT2D eigenvalue weighted by Crippen LogP contribution is 2.33. The number of ether oxygens (including phenoxy) is 3. The van der Waals surface area contributed by atoms with Gasteiger partial charge in [0.25, 0.3) is 5.91 Å². The summed E-state index contributed by atoms with van der Waals surface area (Å²) >= 11 is 0. The quantitative estimate of drug-likeness (QED) is 0.516. The molecule has 0 radical (unpaired) electrons. The molecule has 5 rings (SSSR count). The molecule has 0 bridgehead atoms. The van der Waals surface area contributed by atoms with E-state index in [9.17, 15) is 4.79 Å². The average molecular weight is 464 g/mol. The van der Waals surface area contributed by atoms with Gasteiger partial charge in [0.1, 0.15) is 6.26 Å². The normalized spacial score (nSPS) is 16.8. The summed E-state index contributed by atoms with van der Waals surface area (Å²) in [5.41, 5.74) is 3.79. The van der Waals surface area contributed by atoms with Crippen LogP contribution >= 0.6 is 0 Å². The number of aromatic nitrogens is 1. The molecule has 8 nitrogen and oxygen atoms in total. The number of carbonyl (C=O) groups excluding carboxylic acids is 1. The molecule has 1 unspecified atom stereocenters. The molecule has 0 saturated carbocycles. The predicted molar refractivity (Wildman–Crippen MR) is 125 cm³/mol. The fourth-order valence-corrected chi connectivity index (χ4v) is 4.20. The van der Waals surface area contributed by atoms with Crippen molar-refractivity contribution in [3.8, 4) is 11.5 Å². The molecule has 1 fully saturated rings. The molecule has 178 valence electrons. The number of fused-ring (bicyclic) bond motifs is 1. The number of amides is 1. The van der Waals surface area contributed by atoms with Crippen LogP contribution in [0, 0.1) is 6.92 Å². The zero-order chi connectivity index (χ0) is 23.3. The number of hydrogen-bond donors (Lipinski definition) is 1. The molecule has 2 aliphatic heterocycles. The van der Waals surface area contributed by atoms with Crippen LogP contribution in [0.3, 0.4) is 0 Å². The molecule has 3 heterocycles. The molecule has 1 amide bonds. The number of hydrogen-bond acceptors (Lipinski definition) is 7. The number of aryl methyl sites for hydroxylation is 1. The first-order valence-electron chi connectivity index (χ1n) is 11.6. The third-order valence-electron chi connectivity index (χ3n) is 6.03. The maximum atomic E-state index is 12.5. The van der Waals surface area contributed by atoms with Crippen molar-refractivity contribution in [1.82, 2.24) is 15.2 Å². The SMILES string of the molecule is Cc1ccc(CN(Cc2ccc3c(c2)OCO3)Cc2nc(C(=O)NCC3CCCO3)co2)cc1. The van der Waals surface area contributed by atoms with Gasteiger partial charge in [-0.1, -0.05) is 35.9 Å². The fraction of sp³-hybridized carbons (Fsp3) is 0.385. The van der Waals surface area contributed by atoms with Gasteiger partial charge in [-0.3, -0.25) is 9.69 Å². The maximum absolute atomic E-state index is 12.5. The summed E-state index contributed by atoms with van der Waals surface area (Å²) in [6.07, 6.45) is 3.51. The second kappa shape index (κ2) is 10.3. The van der Waals surface area contributed by atoms with E-state index in [0.29, 0.717) is 32.1 Å². The molecule has 1 saturated heterocycles. The minimum absolute atomic E-state index is 0.0852. The number of oxazole rings is 1. The zero-order valence-electron chi connectivity index (χ0n) is 19.3. The number of nitrogens with zero attached hydrogens (tertiary/aromatic N) is 2. The number of nitrogens with one attached hydrogen (secondary N) is 1. The highest BCUT2D eigenvalue weighted by Gasteiger charge is 2.20. The summed E-state index contributed by atoms with van der Waals surface area (Å²) in [5, 5.41) is 2.89. The van der Waals surface area contributed by atoms with E-state index in [1.54, 1.807) is 0 Å². The van der Waals surface area contributed by atoms with Gasteiger partial charge in [0, 0.05) is 26.2 Å². The van der Waals surface area contributed by atoms with Crippen LogP contribution in [-0.2, 0) is 24.4 Å². The van der Waals surface area contributed by atoms with Crippen molar-refractivity contribution in [2.75, 3.05) is 19.9 Å². The average Bonchev–Trinajstić information content (AvgIpc) is 3.61. The fourth-order valence-electron chi connectivity index (χ4n) is 4.20. The predicted octanol–water partition coefficient (Wildman–Crippen LogP) is 3.82. The van der Waals surface area contributed by atoms with E-state index in [1.165, 1.54) is 17.4 Å². The molecule has 1 N–H and O–H groups in total. The van der Waals surface area contributed by atoms with Crippen LogP contribution in [0.4, 0.5) is 0 Å². The van der Waals surface area contributed by atoms with Crippen LogP contribution in [0.25, 0.3) is 0 Å². The molecular formula is C26H29N3O5. The van der Waals surface area contributed by atoms with Gasteiger partial charge in [0.15, 0.2) is 17.2 Å². The maximum Gasteiger partial charge on any atom is 0.273 e. The number of carbonyl (C=O) groups is 1. The van der Waals surface area contributed by atoms with E-state index in [4.69, 9.17) is 18.6 Å². The highest BCUT2D eigenvalue weighted by molar-refractivity contribution is 5.91. The van der Waals surface area contributed by atoms with Crippen LogP contribution in [0.2, 0.25) is 0 Å². The monoisotopic (exact) mass is 463 g/mol. The van der Waals surface area contributed by atoms with Crippen molar-refractivity contribution in [3.05, 3.63) is 77.0 Å². The van der Waals surface area contributed by atoms with Crippen molar-refractivity contribution in [1.29, 1.82) is 0 Å². The summed E-state index contributed by atoms with van der Waals surface area (Å²) in [6.45, 7) is 5.40. The van der Waals surface area contributed by atoms with Crippen LogP contribution in [0.15, 0.2) is 53.1 Å². The molecule has 0 spiro atoms. The van der Waals surface area contributed by atoms with Gasteiger partial charge in [0.05, 0.1) is 12.6 Å². The van der Waals surface area contributed by atoms with Gasteiger partial charge in [-0.05, 0) is 43.0 Å². The molecule has 0 aliphatic carbocycles. The Morgan fingerprint density at radius 1 is 1.06 bits per heavy atom. The summed E-state index contributed by atoms with van der Waals surface area (Å²) in [5.74, 6) is 1.77. The molecular weight excluding hydrogens is 434 g/mol. The lowest BCUT2D eigenvalue weighted by molar-refractivity contribution is 0.0853. The topological polar surface area (TPSA) is 86.1 Å². The van der Waals surface area contributed by atoms with Gasteiger partial charge in [-0.25, -0.2) is 4.98 Å². The minimum atomic E-state index is -0.244. The highest BCUT2D eigenvalue weighted by atomic mass is 16.7. The second-order valence-corrected chi connectivity index (χ2v) is 8.79. The molecule has 34 heavy (non-hydrogen) atoms. The van der Waals surface area contributed by atoms with Crippen molar-refractivity contribution in [2.24, 2.45) is 0 Å². The van der Waals surface area contributed by atoms with Crippen LogP contribution in [0.5, 0.6) is 11.5 Å². The van der Waals surface area contributed by atoms with E-state index < -0.39 is 0 Å². The first-order valence-corrected chi connectivity index (χ1v) is 11.6. The Hall–Kier alpha value is -3.36. The molecule has 2 aromatic carbocycles. The minimum Gasteiger partial charge on any atom is -0.454 e. The lowest BCUT2D eigenvalue weighted by atomic mass is 10.1. The molecule has 1 atom stereocenters. The van der Waals surface area contributed by atoms with Gasteiger partial charge < -0.3 is 23.9 Å². The van der Waals surface area contributed by atoms with Gasteiger partial charge in [-0.2, -0.15) is 0 Å². The number of benzene rings is 2. The molecule has 1 aromatic heterocycles. The van der Waals surface area contributed by atoms with Crippen LogP contribution in [0.1, 0.15) is 45.9 Å². The third-order valence-corrected chi connectivity index (χ3v) is 6.03. The largest absolute Gasteiger partial charge is 0.454 e. The van der Waals surface area contributed by atoms with Gasteiger partial charge >= 0.3 is 0 Å². The summed E-state index contributed by atoms with van der Waals surface area (Å²) in [7, 11) is 0. The molecule has 3 aromatic rings. The molecule has 8 heteroatoms. The van der Waals surface area contributed by atoms with Crippen molar-refractivity contribution >= 4 is 5.91 Å². The Morgan fingerprint density at radius 2 is 1.85 bits per heavy atom. The van der Waals surface area contributed by atoms with Crippen LogP contribution in [-0.4, -0.2) is 41.8 Å². The zero-order valence-corrected chi connectivity index (χ0v) is 19.3. The van der Waals surface area contributed by atoms with E-state index in [1.807, 2.05) is 18.2 Å². The Labute approximate surface area is 198 Å². The Morgan fingerprint density at radius 3 is 2.68 bits per heavy atom. The van der Waals surface area contributed by atoms with Crippen LogP contribution < -0.4 is 14.8 Å². The van der Waals surface area contributed by atoms with E-state index >= 15 is 0 Å². The molecule has 2 aliphatic rings. The van der Waals surface area contributed by atoms with Gasteiger partial charge in [-0.15, -0.1) is 0 Å². The van der Waals surface area contributed by atoms with E-state index in [2.05, 4.69) is 46.4 Å². The van der Waals surface area contributed by atoms with Gasteiger partial charge in [0.2, 0.25) is 12.7 Å². The third kappa shape index (κ3) is 5.58. The Balaban J connectivity index is 1.27. The standard InChI is InChI=1S/C26H29N3O5/c1-18-4-6-19(7-5-18)13-29(14-20-8-9-23-24(11-20)34-17-33-23)15-25-28-22(16-32-25)26(30)27-12-21-3-2-10-31-21/h4-9,11,16,21H,2-3,10,12-15,17H2,1H3,(H,27,30). The van der Waals surface area contributed by atoms with Crippen molar-refractivity contribution in [3.63, 3.8) is 0 Å². The summed E-state index contributed by atoms with van der Waals surface area (Å²) in [6, 6.07) is 14.4. The van der Waals surface area contributed by atoms with Crippen molar-refractivity contribution in [2.45, 2.75) is 45.5 Å². The lowest BCUT2D eigenvalue weighted by Crippen LogP contribution is -2.32. The summed E-state index contributed by atoms with van der Waals surface area (Å²) < 4.78 is 22.2. The lowest BCUT2D eigenvalue weighted by Gasteiger charge is -2.21. The second-order valence-electron chi connectivity index (χ2n) is 8.79. The van der Waals surface area contributed by atoms with E-state index in [-0.39, 0.29) is 24.5 Å². The Kier molecular flexibility index (Phi) is 6.78. The number of rotatable bonds is 9. The van der Waals surface area contributed by atoms with E-state index in [0.717, 1.165) is 36.5 Å². The first kappa shape index (κ1) is 22.4. The first-order chi connectivity index (χ1) is 16.6. The Bertz CT molecular complexity index is 1120. The van der Waals surface area contributed by atoms with Crippen molar-refractivity contribution < 1.29 is 23.4 Å². The smallest absolute Gasteiger partial charge is 0.273 e. The summed E-state index contributed by atoms with van der Waals surface area (Å²) in [4.78, 5) is 19.2.